The highest BCUT2D eigenvalue weighted by Gasteiger charge is 2.36. The van der Waals surface area contributed by atoms with Crippen molar-refractivity contribution in [1.82, 2.24) is 20.0 Å². The lowest BCUT2D eigenvalue weighted by atomic mass is 9.88. The molecule has 1 aliphatic rings. The Kier molecular flexibility index (Phi) is 4.86. The van der Waals surface area contributed by atoms with Crippen LogP contribution in [-0.2, 0) is 13.6 Å². The normalized spacial score (nSPS) is 23.1. The fourth-order valence-electron chi connectivity index (χ4n) is 3.37. The fraction of sp³-hybridized carbons (Fsp3) is 0.812. The molecule has 114 valence electrons. The molecule has 2 heterocycles. The van der Waals surface area contributed by atoms with Gasteiger partial charge in [-0.15, -0.1) is 0 Å². The van der Waals surface area contributed by atoms with E-state index in [9.17, 15) is 0 Å². The van der Waals surface area contributed by atoms with Crippen molar-refractivity contribution in [1.29, 1.82) is 0 Å². The van der Waals surface area contributed by atoms with E-state index in [0.29, 0.717) is 11.6 Å². The summed E-state index contributed by atoms with van der Waals surface area (Å²) in [6.07, 6.45) is 3.59. The Morgan fingerprint density at radius 3 is 2.55 bits per heavy atom. The number of hydrogen-bond donors (Lipinski definition) is 1. The molecule has 1 atom stereocenters. The van der Waals surface area contributed by atoms with Crippen LogP contribution in [0.5, 0.6) is 0 Å². The molecule has 0 radical (unpaired) electrons. The smallest absolute Gasteiger partial charge is 0.0597 e. The zero-order chi connectivity index (χ0) is 14.8. The molecule has 0 aliphatic carbocycles. The number of rotatable bonds is 5. The highest BCUT2D eigenvalue weighted by molar-refractivity contribution is 5.09. The zero-order valence-corrected chi connectivity index (χ0v) is 13.7. The standard InChI is InChI=1S/C16H30N4/c1-6-14-10-17-16(7-2,8-3)12-20(14)11-15-9-13(4)18-19(15)5/h9,14,17H,6-8,10-12H2,1-5H3. The summed E-state index contributed by atoms with van der Waals surface area (Å²) in [6.45, 7) is 12.2. The van der Waals surface area contributed by atoms with Gasteiger partial charge in [0.05, 0.1) is 11.4 Å². The Hall–Kier alpha value is -0.870. The molecule has 20 heavy (non-hydrogen) atoms. The Balaban J connectivity index is 2.15. The van der Waals surface area contributed by atoms with Crippen molar-refractivity contribution in [3.05, 3.63) is 17.5 Å². The third kappa shape index (κ3) is 3.07. The molecular weight excluding hydrogens is 248 g/mol. The van der Waals surface area contributed by atoms with Gasteiger partial charge in [-0.3, -0.25) is 9.58 Å². The molecule has 1 saturated heterocycles. The molecule has 1 aromatic heterocycles. The highest BCUT2D eigenvalue weighted by Crippen LogP contribution is 2.25. The monoisotopic (exact) mass is 278 g/mol. The van der Waals surface area contributed by atoms with Crippen molar-refractivity contribution in [3.63, 3.8) is 0 Å². The third-order valence-corrected chi connectivity index (χ3v) is 5.02. The SMILES string of the molecule is CCC1CNC(CC)(CC)CN1Cc1cc(C)nn1C. The van der Waals surface area contributed by atoms with Crippen molar-refractivity contribution in [3.8, 4) is 0 Å². The Morgan fingerprint density at radius 1 is 1.35 bits per heavy atom. The van der Waals surface area contributed by atoms with E-state index in [1.54, 1.807) is 0 Å². The second kappa shape index (κ2) is 6.27. The third-order valence-electron chi connectivity index (χ3n) is 5.02. The molecule has 1 fully saturated rings. The second-order valence-electron chi connectivity index (χ2n) is 6.24. The van der Waals surface area contributed by atoms with Crippen LogP contribution in [0, 0.1) is 6.92 Å². The Morgan fingerprint density at radius 2 is 2.05 bits per heavy atom. The van der Waals surface area contributed by atoms with Gasteiger partial charge in [0.2, 0.25) is 0 Å². The van der Waals surface area contributed by atoms with Gasteiger partial charge in [0.25, 0.3) is 0 Å². The van der Waals surface area contributed by atoms with Gasteiger partial charge in [0.15, 0.2) is 0 Å². The molecular formula is C16H30N4. The van der Waals surface area contributed by atoms with Crippen LogP contribution >= 0.6 is 0 Å². The van der Waals surface area contributed by atoms with E-state index < -0.39 is 0 Å². The summed E-state index contributed by atoms with van der Waals surface area (Å²) < 4.78 is 2.03. The summed E-state index contributed by atoms with van der Waals surface area (Å²) in [5.41, 5.74) is 2.73. The van der Waals surface area contributed by atoms with Gasteiger partial charge in [-0.05, 0) is 32.3 Å². The van der Waals surface area contributed by atoms with E-state index in [1.807, 2.05) is 4.68 Å². The number of nitrogens with zero attached hydrogens (tertiary/aromatic N) is 3. The maximum atomic E-state index is 4.48. The largest absolute Gasteiger partial charge is 0.308 e. The average Bonchev–Trinajstić information content (AvgIpc) is 2.76. The maximum Gasteiger partial charge on any atom is 0.0597 e. The Labute approximate surface area is 123 Å². The molecule has 0 spiro atoms. The summed E-state index contributed by atoms with van der Waals surface area (Å²) in [7, 11) is 2.05. The first kappa shape index (κ1) is 15.5. The van der Waals surface area contributed by atoms with E-state index in [-0.39, 0.29) is 0 Å². The van der Waals surface area contributed by atoms with Crippen LogP contribution in [0.15, 0.2) is 6.07 Å². The number of nitrogens with one attached hydrogen (secondary N) is 1. The molecule has 4 nitrogen and oxygen atoms in total. The van der Waals surface area contributed by atoms with E-state index in [2.05, 4.69) is 56.1 Å². The van der Waals surface area contributed by atoms with Crippen LogP contribution < -0.4 is 5.32 Å². The molecule has 4 heteroatoms. The van der Waals surface area contributed by atoms with E-state index in [4.69, 9.17) is 0 Å². The van der Waals surface area contributed by atoms with Gasteiger partial charge >= 0.3 is 0 Å². The van der Waals surface area contributed by atoms with Crippen LogP contribution in [0.4, 0.5) is 0 Å². The minimum atomic E-state index is 0.291. The first-order valence-electron chi connectivity index (χ1n) is 8.02. The molecule has 1 aromatic rings. The van der Waals surface area contributed by atoms with Crippen molar-refractivity contribution in [2.75, 3.05) is 13.1 Å². The van der Waals surface area contributed by atoms with Gasteiger partial charge in [-0.2, -0.15) is 5.10 Å². The number of aryl methyl sites for hydroxylation is 2. The van der Waals surface area contributed by atoms with Crippen LogP contribution in [0.1, 0.15) is 51.4 Å². The molecule has 1 aliphatic heterocycles. The van der Waals surface area contributed by atoms with Gasteiger partial charge in [-0.1, -0.05) is 20.8 Å². The summed E-state index contributed by atoms with van der Waals surface area (Å²) in [5, 5.41) is 8.28. The second-order valence-corrected chi connectivity index (χ2v) is 6.24. The van der Waals surface area contributed by atoms with Crippen LogP contribution in [0.3, 0.4) is 0 Å². The highest BCUT2D eigenvalue weighted by atomic mass is 15.3. The first-order chi connectivity index (χ1) is 9.53. The predicted molar refractivity (Wildman–Crippen MR) is 83.7 cm³/mol. The maximum absolute atomic E-state index is 4.48. The summed E-state index contributed by atoms with van der Waals surface area (Å²) in [6, 6.07) is 2.85. The van der Waals surface area contributed by atoms with E-state index in [0.717, 1.165) is 25.3 Å². The van der Waals surface area contributed by atoms with Crippen LogP contribution in [-0.4, -0.2) is 39.4 Å². The quantitative estimate of drug-likeness (QED) is 0.898. The fourth-order valence-corrected chi connectivity index (χ4v) is 3.37. The van der Waals surface area contributed by atoms with Gasteiger partial charge in [-0.25, -0.2) is 0 Å². The minimum absolute atomic E-state index is 0.291. The molecule has 0 amide bonds. The number of piperazine rings is 1. The molecule has 1 unspecified atom stereocenters. The predicted octanol–water partition coefficient (Wildman–Crippen LogP) is 2.47. The lowest BCUT2D eigenvalue weighted by Gasteiger charge is -2.47. The van der Waals surface area contributed by atoms with Gasteiger partial charge in [0, 0.05) is 38.3 Å². The zero-order valence-electron chi connectivity index (χ0n) is 13.7. The summed E-state index contributed by atoms with van der Waals surface area (Å²) in [5.74, 6) is 0. The summed E-state index contributed by atoms with van der Waals surface area (Å²) >= 11 is 0. The minimum Gasteiger partial charge on any atom is -0.308 e. The Bertz CT molecular complexity index is 434. The van der Waals surface area contributed by atoms with E-state index >= 15 is 0 Å². The molecule has 1 N–H and O–H groups in total. The van der Waals surface area contributed by atoms with Crippen molar-refractivity contribution in [2.45, 2.75) is 65.1 Å². The average molecular weight is 278 g/mol. The topological polar surface area (TPSA) is 33.1 Å². The summed E-state index contributed by atoms with van der Waals surface area (Å²) in [4.78, 5) is 2.65. The number of aromatic nitrogens is 2. The molecule has 2 rings (SSSR count). The molecule has 0 bridgehead atoms. The van der Waals surface area contributed by atoms with E-state index in [1.165, 1.54) is 25.0 Å². The lowest BCUT2D eigenvalue weighted by Crippen LogP contribution is -2.63. The molecule has 0 aromatic carbocycles. The van der Waals surface area contributed by atoms with Crippen LogP contribution in [0.25, 0.3) is 0 Å². The van der Waals surface area contributed by atoms with Crippen molar-refractivity contribution in [2.24, 2.45) is 7.05 Å². The first-order valence-corrected chi connectivity index (χ1v) is 8.02. The van der Waals surface area contributed by atoms with Crippen molar-refractivity contribution >= 4 is 0 Å². The van der Waals surface area contributed by atoms with Crippen molar-refractivity contribution < 1.29 is 0 Å². The number of hydrogen-bond acceptors (Lipinski definition) is 3. The van der Waals surface area contributed by atoms with Gasteiger partial charge in [0.1, 0.15) is 0 Å². The van der Waals surface area contributed by atoms with Gasteiger partial charge < -0.3 is 5.32 Å². The van der Waals surface area contributed by atoms with Crippen LogP contribution in [0.2, 0.25) is 0 Å². The lowest BCUT2D eigenvalue weighted by molar-refractivity contribution is 0.0624. The molecule has 0 saturated carbocycles.